The van der Waals surface area contributed by atoms with Crippen LogP contribution in [0.1, 0.15) is 13.3 Å². The number of benzene rings is 1. The van der Waals surface area contributed by atoms with E-state index in [1.165, 1.54) is 25.2 Å². The summed E-state index contributed by atoms with van der Waals surface area (Å²) in [5.74, 6) is -0.264. The van der Waals surface area contributed by atoms with Crippen LogP contribution in [0.3, 0.4) is 0 Å². The molecule has 124 valence electrons. The Hall–Kier alpha value is -2.12. The smallest absolute Gasteiger partial charge is 0.319 e. The summed E-state index contributed by atoms with van der Waals surface area (Å²) in [6.07, 6.45) is 3.83. The van der Waals surface area contributed by atoms with Crippen molar-refractivity contribution in [2.45, 2.75) is 23.6 Å². The number of aromatic nitrogens is 4. The second-order valence-electron chi connectivity index (χ2n) is 4.99. The molecule has 0 saturated heterocycles. The summed E-state index contributed by atoms with van der Waals surface area (Å²) in [6, 6.07) is 7.33. The van der Waals surface area contributed by atoms with E-state index in [9.17, 15) is 4.79 Å². The number of hydrogen-bond donors (Lipinski definition) is 0. The van der Waals surface area contributed by atoms with Crippen molar-refractivity contribution in [3.8, 4) is 5.69 Å². The Morgan fingerprint density at radius 1 is 1.33 bits per heavy atom. The average Bonchev–Trinajstić information content (AvgIpc) is 3.04. The summed E-state index contributed by atoms with van der Waals surface area (Å²) in [4.78, 5) is 20.4. The molecule has 6 nitrogen and oxygen atoms in total. The molecule has 2 aromatic heterocycles. The van der Waals surface area contributed by atoms with E-state index in [0.717, 1.165) is 11.1 Å². The number of carbonyl (C=O) groups excluding carboxylic acids is 1. The largest absolute Gasteiger partial charge is 0.468 e. The standard InChI is InChI=1S/C16H15ClN4O2S/c1-3-13(16(22)23-2)24-15-12-8-20-21(14(12)18-9-19-15)11-6-4-10(17)5-7-11/h4-9,13H,3H2,1-2H3/t13-/m1/s1. The van der Waals surface area contributed by atoms with Crippen LogP contribution >= 0.6 is 23.4 Å². The summed E-state index contributed by atoms with van der Waals surface area (Å²) in [5.41, 5.74) is 1.53. The van der Waals surface area contributed by atoms with Crippen LogP contribution in [0.25, 0.3) is 16.7 Å². The number of rotatable bonds is 5. The van der Waals surface area contributed by atoms with Crippen LogP contribution in [-0.2, 0) is 9.53 Å². The predicted molar refractivity (Wildman–Crippen MR) is 93.6 cm³/mol. The third kappa shape index (κ3) is 3.22. The average molecular weight is 363 g/mol. The Balaban J connectivity index is 2.00. The van der Waals surface area contributed by atoms with Crippen molar-refractivity contribution in [3.05, 3.63) is 41.8 Å². The lowest BCUT2D eigenvalue weighted by Crippen LogP contribution is -2.17. The fourth-order valence-electron chi connectivity index (χ4n) is 2.25. The Morgan fingerprint density at radius 3 is 2.75 bits per heavy atom. The van der Waals surface area contributed by atoms with Gasteiger partial charge in [-0.05, 0) is 30.7 Å². The minimum absolute atomic E-state index is 0.264. The van der Waals surface area contributed by atoms with E-state index in [4.69, 9.17) is 16.3 Å². The fourth-order valence-corrected chi connectivity index (χ4v) is 3.39. The van der Waals surface area contributed by atoms with E-state index >= 15 is 0 Å². The van der Waals surface area contributed by atoms with Gasteiger partial charge in [0.2, 0.25) is 0 Å². The molecule has 3 aromatic rings. The zero-order chi connectivity index (χ0) is 17.1. The van der Waals surface area contributed by atoms with E-state index in [1.807, 2.05) is 19.1 Å². The molecule has 0 aliphatic rings. The van der Waals surface area contributed by atoms with Gasteiger partial charge in [0, 0.05) is 5.02 Å². The molecule has 0 saturated carbocycles. The van der Waals surface area contributed by atoms with Gasteiger partial charge in [-0.15, -0.1) is 0 Å². The first-order valence-electron chi connectivity index (χ1n) is 7.33. The molecule has 0 amide bonds. The third-order valence-corrected chi connectivity index (χ3v) is 5.10. The number of esters is 1. The van der Waals surface area contributed by atoms with E-state index < -0.39 is 0 Å². The van der Waals surface area contributed by atoms with E-state index in [0.29, 0.717) is 22.1 Å². The molecule has 0 aliphatic carbocycles. The van der Waals surface area contributed by atoms with Gasteiger partial charge in [-0.25, -0.2) is 14.6 Å². The summed E-state index contributed by atoms with van der Waals surface area (Å²) in [7, 11) is 1.39. The van der Waals surface area contributed by atoms with Crippen LogP contribution in [0.15, 0.2) is 41.8 Å². The maximum Gasteiger partial charge on any atom is 0.319 e. The minimum Gasteiger partial charge on any atom is -0.468 e. The number of thioether (sulfide) groups is 1. The first-order valence-corrected chi connectivity index (χ1v) is 8.59. The molecule has 2 heterocycles. The zero-order valence-electron chi connectivity index (χ0n) is 13.1. The summed E-state index contributed by atoms with van der Waals surface area (Å²) < 4.78 is 6.56. The van der Waals surface area contributed by atoms with Crippen LogP contribution in [0.2, 0.25) is 5.02 Å². The van der Waals surface area contributed by atoms with Gasteiger partial charge in [0.1, 0.15) is 16.6 Å². The molecule has 0 aliphatic heterocycles. The van der Waals surface area contributed by atoms with Crippen molar-refractivity contribution in [1.82, 2.24) is 19.7 Å². The van der Waals surface area contributed by atoms with Crippen molar-refractivity contribution in [1.29, 1.82) is 0 Å². The van der Waals surface area contributed by atoms with Crippen LogP contribution in [-0.4, -0.2) is 38.1 Å². The quantitative estimate of drug-likeness (QED) is 0.393. The maximum absolute atomic E-state index is 11.8. The summed E-state index contributed by atoms with van der Waals surface area (Å²) in [5, 5.41) is 6.24. The molecule has 0 fully saturated rings. The first-order chi connectivity index (χ1) is 11.6. The van der Waals surface area contributed by atoms with Crippen LogP contribution < -0.4 is 0 Å². The Morgan fingerprint density at radius 2 is 2.08 bits per heavy atom. The second-order valence-corrected chi connectivity index (χ2v) is 6.61. The van der Waals surface area contributed by atoms with Gasteiger partial charge in [0.05, 0.1) is 24.4 Å². The number of nitrogens with zero attached hydrogens (tertiary/aromatic N) is 4. The molecule has 24 heavy (non-hydrogen) atoms. The molecule has 0 bridgehead atoms. The third-order valence-electron chi connectivity index (χ3n) is 3.49. The van der Waals surface area contributed by atoms with Crippen molar-refractivity contribution < 1.29 is 9.53 Å². The molecular formula is C16H15ClN4O2S. The van der Waals surface area contributed by atoms with Gasteiger partial charge in [-0.1, -0.05) is 30.3 Å². The number of halogens is 1. The number of carbonyl (C=O) groups is 1. The van der Waals surface area contributed by atoms with Gasteiger partial charge in [-0.3, -0.25) is 4.79 Å². The number of ether oxygens (including phenoxy) is 1. The highest BCUT2D eigenvalue weighted by atomic mass is 35.5. The number of fused-ring (bicyclic) bond motifs is 1. The molecule has 0 radical (unpaired) electrons. The highest BCUT2D eigenvalue weighted by Gasteiger charge is 2.21. The van der Waals surface area contributed by atoms with Crippen molar-refractivity contribution in [2.24, 2.45) is 0 Å². The Kier molecular flexibility index (Phi) is 5.01. The van der Waals surface area contributed by atoms with Gasteiger partial charge in [0.15, 0.2) is 5.65 Å². The topological polar surface area (TPSA) is 69.9 Å². The van der Waals surface area contributed by atoms with Gasteiger partial charge in [-0.2, -0.15) is 5.10 Å². The first kappa shape index (κ1) is 16.7. The molecule has 3 rings (SSSR count). The lowest BCUT2D eigenvalue weighted by Gasteiger charge is -2.11. The molecule has 0 unspecified atom stereocenters. The SMILES string of the molecule is CC[C@@H](Sc1ncnc2c1cnn2-c1ccc(Cl)cc1)C(=O)OC. The van der Waals surface area contributed by atoms with Crippen LogP contribution in [0.4, 0.5) is 0 Å². The number of methoxy groups -OCH3 is 1. The molecule has 0 spiro atoms. The monoisotopic (exact) mass is 362 g/mol. The molecule has 0 N–H and O–H groups in total. The van der Waals surface area contributed by atoms with E-state index in [-0.39, 0.29) is 11.2 Å². The Bertz CT molecular complexity index is 866. The molecule has 8 heteroatoms. The highest BCUT2D eigenvalue weighted by molar-refractivity contribution is 8.00. The normalized spacial score (nSPS) is 12.3. The van der Waals surface area contributed by atoms with Crippen molar-refractivity contribution in [3.63, 3.8) is 0 Å². The van der Waals surface area contributed by atoms with Crippen LogP contribution in [0.5, 0.6) is 0 Å². The maximum atomic E-state index is 11.8. The number of hydrogen-bond acceptors (Lipinski definition) is 6. The lowest BCUT2D eigenvalue weighted by atomic mass is 10.3. The van der Waals surface area contributed by atoms with E-state index in [1.54, 1.807) is 23.0 Å². The zero-order valence-corrected chi connectivity index (χ0v) is 14.7. The molecular weight excluding hydrogens is 348 g/mol. The van der Waals surface area contributed by atoms with Gasteiger partial charge in [0.25, 0.3) is 0 Å². The molecule has 1 aromatic carbocycles. The van der Waals surface area contributed by atoms with Gasteiger partial charge >= 0.3 is 5.97 Å². The predicted octanol–water partition coefficient (Wildman–Crippen LogP) is 3.51. The summed E-state index contributed by atoms with van der Waals surface area (Å²) >= 11 is 7.29. The summed E-state index contributed by atoms with van der Waals surface area (Å²) in [6.45, 7) is 1.93. The Labute approximate surface area is 148 Å². The lowest BCUT2D eigenvalue weighted by molar-refractivity contribution is -0.140. The highest BCUT2D eigenvalue weighted by Crippen LogP contribution is 2.30. The van der Waals surface area contributed by atoms with Crippen molar-refractivity contribution >= 4 is 40.4 Å². The van der Waals surface area contributed by atoms with Gasteiger partial charge < -0.3 is 4.74 Å². The second kappa shape index (κ2) is 7.19. The molecule has 1 atom stereocenters. The van der Waals surface area contributed by atoms with Crippen molar-refractivity contribution in [2.75, 3.05) is 7.11 Å². The fraction of sp³-hybridized carbons (Fsp3) is 0.250. The minimum atomic E-state index is -0.313. The van der Waals surface area contributed by atoms with E-state index in [2.05, 4.69) is 15.1 Å². The van der Waals surface area contributed by atoms with Crippen LogP contribution in [0, 0.1) is 0 Å².